The summed E-state index contributed by atoms with van der Waals surface area (Å²) >= 11 is 0. The molecule has 1 aromatic carbocycles. The first-order valence-corrected chi connectivity index (χ1v) is 9.81. The minimum atomic E-state index is -2.89. The number of benzene rings is 1. The zero-order valence-corrected chi connectivity index (χ0v) is 16.5. The van der Waals surface area contributed by atoms with Crippen molar-refractivity contribution in [1.82, 2.24) is 15.0 Å². The van der Waals surface area contributed by atoms with E-state index in [9.17, 15) is 8.78 Å². The SMILES string of the molecule is CC(F)(F)c1ccc(C2CCCN2c2ncnc(NCc3ccncc3)c2F)cc1. The van der Waals surface area contributed by atoms with Crippen molar-refractivity contribution in [2.75, 3.05) is 16.8 Å². The predicted octanol–water partition coefficient (Wildman–Crippen LogP) is 5.08. The summed E-state index contributed by atoms with van der Waals surface area (Å²) in [5.74, 6) is -3.06. The molecule has 156 valence electrons. The average molecular weight is 413 g/mol. The average Bonchev–Trinajstić information content (AvgIpc) is 3.23. The second-order valence-corrected chi connectivity index (χ2v) is 7.43. The Hall–Kier alpha value is -3.16. The van der Waals surface area contributed by atoms with Crippen LogP contribution in [0.15, 0.2) is 55.1 Å². The first-order chi connectivity index (χ1) is 14.4. The molecule has 0 bridgehead atoms. The van der Waals surface area contributed by atoms with Gasteiger partial charge in [-0.2, -0.15) is 4.39 Å². The molecular weight excluding hydrogens is 391 g/mol. The van der Waals surface area contributed by atoms with Crippen molar-refractivity contribution in [3.8, 4) is 0 Å². The van der Waals surface area contributed by atoms with Crippen molar-refractivity contribution < 1.29 is 13.2 Å². The number of alkyl halides is 2. The van der Waals surface area contributed by atoms with Gasteiger partial charge in [-0.15, -0.1) is 0 Å². The zero-order chi connectivity index (χ0) is 21.1. The van der Waals surface area contributed by atoms with Gasteiger partial charge in [-0.3, -0.25) is 4.98 Å². The van der Waals surface area contributed by atoms with Crippen molar-refractivity contribution in [2.45, 2.75) is 38.3 Å². The van der Waals surface area contributed by atoms with Crippen LogP contribution < -0.4 is 10.2 Å². The summed E-state index contributed by atoms with van der Waals surface area (Å²) in [5, 5.41) is 3.01. The van der Waals surface area contributed by atoms with Crippen LogP contribution in [0.3, 0.4) is 0 Å². The summed E-state index contributed by atoms with van der Waals surface area (Å²) in [5.41, 5.74) is 1.79. The standard InChI is InChI=1S/C22H22F3N5/c1-22(24,25)17-6-4-16(5-7-17)18-3-2-12-30(18)21-19(23)20(28-14-29-21)27-13-15-8-10-26-11-9-15/h4-11,14,18H,2-3,12-13H2,1H3,(H,27,28,29). The molecule has 0 aliphatic carbocycles. The lowest BCUT2D eigenvalue weighted by molar-refractivity contribution is 0.0174. The Labute approximate surface area is 173 Å². The molecule has 30 heavy (non-hydrogen) atoms. The maximum atomic E-state index is 15.2. The molecule has 1 fully saturated rings. The van der Waals surface area contributed by atoms with Crippen molar-refractivity contribution in [1.29, 1.82) is 0 Å². The van der Waals surface area contributed by atoms with E-state index in [0.29, 0.717) is 13.1 Å². The van der Waals surface area contributed by atoms with Gasteiger partial charge in [-0.05, 0) is 36.1 Å². The summed E-state index contributed by atoms with van der Waals surface area (Å²) in [7, 11) is 0. The Morgan fingerprint density at radius 1 is 1.10 bits per heavy atom. The van der Waals surface area contributed by atoms with Gasteiger partial charge in [0.15, 0.2) is 11.6 Å². The van der Waals surface area contributed by atoms with Crippen LogP contribution in [-0.4, -0.2) is 21.5 Å². The highest BCUT2D eigenvalue weighted by Crippen LogP contribution is 2.38. The van der Waals surface area contributed by atoms with E-state index in [1.54, 1.807) is 24.5 Å². The van der Waals surface area contributed by atoms with Gasteiger partial charge in [0.1, 0.15) is 6.33 Å². The Morgan fingerprint density at radius 2 is 1.83 bits per heavy atom. The molecule has 0 spiro atoms. The molecule has 8 heteroatoms. The first-order valence-electron chi connectivity index (χ1n) is 9.81. The molecule has 1 aliphatic rings. The third-order valence-corrected chi connectivity index (χ3v) is 5.31. The van der Waals surface area contributed by atoms with Gasteiger partial charge < -0.3 is 10.2 Å². The van der Waals surface area contributed by atoms with Gasteiger partial charge in [0.05, 0.1) is 6.04 Å². The smallest absolute Gasteiger partial charge is 0.270 e. The highest BCUT2D eigenvalue weighted by molar-refractivity contribution is 5.53. The van der Waals surface area contributed by atoms with Crippen LogP contribution in [0.25, 0.3) is 0 Å². The summed E-state index contributed by atoms with van der Waals surface area (Å²) in [6.07, 6.45) is 6.34. The molecule has 0 saturated carbocycles. The van der Waals surface area contributed by atoms with Crippen molar-refractivity contribution >= 4 is 11.6 Å². The Kier molecular flexibility index (Phi) is 5.57. The molecule has 0 amide bonds. The second-order valence-electron chi connectivity index (χ2n) is 7.43. The van der Waals surface area contributed by atoms with Crippen LogP contribution >= 0.6 is 0 Å². The molecular formula is C22H22F3N5. The summed E-state index contributed by atoms with van der Waals surface area (Å²) < 4.78 is 42.2. The molecule has 0 radical (unpaired) electrons. The fourth-order valence-corrected chi connectivity index (χ4v) is 3.74. The van der Waals surface area contributed by atoms with Gasteiger partial charge in [-0.1, -0.05) is 24.3 Å². The normalized spacial score (nSPS) is 16.7. The predicted molar refractivity (Wildman–Crippen MR) is 109 cm³/mol. The van der Waals surface area contributed by atoms with Crippen LogP contribution in [0, 0.1) is 5.82 Å². The quantitative estimate of drug-likeness (QED) is 0.611. The maximum absolute atomic E-state index is 15.2. The van der Waals surface area contributed by atoms with Crippen LogP contribution in [0.4, 0.5) is 24.8 Å². The van der Waals surface area contributed by atoms with Gasteiger partial charge >= 0.3 is 0 Å². The number of halogens is 3. The highest BCUT2D eigenvalue weighted by Gasteiger charge is 2.31. The Balaban J connectivity index is 1.55. The number of rotatable bonds is 6. The third kappa shape index (κ3) is 4.22. The fourth-order valence-electron chi connectivity index (χ4n) is 3.74. The number of anilines is 2. The molecule has 3 heterocycles. The topological polar surface area (TPSA) is 53.9 Å². The number of hydrogen-bond acceptors (Lipinski definition) is 5. The Bertz CT molecular complexity index is 990. The minimum Gasteiger partial charge on any atom is -0.363 e. The molecule has 4 rings (SSSR count). The van der Waals surface area contributed by atoms with E-state index in [1.807, 2.05) is 17.0 Å². The van der Waals surface area contributed by atoms with E-state index >= 15 is 4.39 Å². The third-order valence-electron chi connectivity index (χ3n) is 5.31. The van der Waals surface area contributed by atoms with Gasteiger partial charge in [0, 0.05) is 38.0 Å². The summed E-state index contributed by atoms with van der Waals surface area (Å²) in [6, 6.07) is 9.81. The maximum Gasteiger partial charge on any atom is 0.270 e. The van der Waals surface area contributed by atoms with Gasteiger partial charge in [0.25, 0.3) is 5.92 Å². The molecule has 2 aromatic heterocycles. The molecule has 1 saturated heterocycles. The molecule has 1 N–H and O–H groups in total. The number of hydrogen-bond donors (Lipinski definition) is 1. The fraction of sp³-hybridized carbons (Fsp3) is 0.318. The van der Waals surface area contributed by atoms with Crippen LogP contribution in [0.2, 0.25) is 0 Å². The largest absolute Gasteiger partial charge is 0.363 e. The van der Waals surface area contributed by atoms with E-state index in [0.717, 1.165) is 30.9 Å². The number of nitrogens with zero attached hydrogens (tertiary/aromatic N) is 4. The number of nitrogens with one attached hydrogen (secondary N) is 1. The van der Waals surface area contributed by atoms with Gasteiger partial charge in [-0.25, -0.2) is 18.7 Å². The van der Waals surface area contributed by atoms with E-state index in [-0.39, 0.29) is 23.2 Å². The van der Waals surface area contributed by atoms with E-state index < -0.39 is 11.7 Å². The monoisotopic (exact) mass is 413 g/mol. The van der Waals surface area contributed by atoms with Crippen molar-refractivity contribution in [2.24, 2.45) is 0 Å². The van der Waals surface area contributed by atoms with Crippen molar-refractivity contribution in [3.63, 3.8) is 0 Å². The van der Waals surface area contributed by atoms with Gasteiger partial charge in [0.2, 0.25) is 5.82 Å². The van der Waals surface area contributed by atoms with Crippen LogP contribution in [-0.2, 0) is 12.5 Å². The molecule has 5 nitrogen and oxygen atoms in total. The summed E-state index contributed by atoms with van der Waals surface area (Å²) in [4.78, 5) is 14.1. The van der Waals surface area contributed by atoms with E-state index in [1.165, 1.54) is 18.5 Å². The highest BCUT2D eigenvalue weighted by atomic mass is 19.3. The number of pyridine rings is 1. The van der Waals surface area contributed by atoms with Crippen LogP contribution in [0.1, 0.15) is 42.5 Å². The molecule has 1 unspecified atom stereocenters. The second kappa shape index (κ2) is 8.30. The number of aromatic nitrogens is 3. The van der Waals surface area contributed by atoms with E-state index in [2.05, 4.69) is 20.3 Å². The lowest BCUT2D eigenvalue weighted by Gasteiger charge is -2.27. The van der Waals surface area contributed by atoms with E-state index in [4.69, 9.17) is 0 Å². The lowest BCUT2D eigenvalue weighted by atomic mass is 10.0. The van der Waals surface area contributed by atoms with Crippen LogP contribution in [0.5, 0.6) is 0 Å². The summed E-state index contributed by atoms with van der Waals surface area (Å²) in [6.45, 7) is 1.92. The first kappa shape index (κ1) is 20.1. The Morgan fingerprint density at radius 3 is 2.53 bits per heavy atom. The molecule has 1 atom stereocenters. The van der Waals surface area contributed by atoms with Crippen molar-refractivity contribution in [3.05, 3.63) is 77.6 Å². The molecule has 3 aromatic rings. The lowest BCUT2D eigenvalue weighted by Crippen LogP contribution is -2.25. The minimum absolute atomic E-state index is 0.0355. The zero-order valence-electron chi connectivity index (χ0n) is 16.5. The molecule has 1 aliphatic heterocycles.